The maximum atomic E-state index is 12.7. The molecule has 3 aromatic rings. The summed E-state index contributed by atoms with van der Waals surface area (Å²) >= 11 is 3.44. The minimum atomic E-state index is -0.0979. The molecule has 4 nitrogen and oxygen atoms in total. The van der Waals surface area contributed by atoms with Gasteiger partial charge in [0, 0.05) is 21.5 Å². The number of amides is 1. The molecule has 0 aliphatic rings. The molecule has 1 aromatic carbocycles. The fraction of sp³-hybridized carbons (Fsp3) is 0.211. The number of carbonyl (C=O) groups excluding carboxylic acids is 1. The van der Waals surface area contributed by atoms with Crippen molar-refractivity contribution in [2.45, 2.75) is 27.3 Å². The van der Waals surface area contributed by atoms with E-state index in [0.29, 0.717) is 12.1 Å². The summed E-state index contributed by atoms with van der Waals surface area (Å²) in [5.74, 6) is 0.770. The fourth-order valence-corrected chi connectivity index (χ4v) is 3.27. The largest absolute Gasteiger partial charge is 0.467 e. The van der Waals surface area contributed by atoms with Gasteiger partial charge in [-0.05, 0) is 62.7 Å². The second-order valence-electron chi connectivity index (χ2n) is 5.86. The first-order valence-electron chi connectivity index (χ1n) is 7.72. The number of hydrogen-bond donors (Lipinski definition) is 1. The van der Waals surface area contributed by atoms with Gasteiger partial charge < -0.3 is 14.3 Å². The zero-order valence-corrected chi connectivity index (χ0v) is 15.5. The second kappa shape index (κ2) is 6.69. The van der Waals surface area contributed by atoms with Crippen LogP contribution in [0.4, 0.5) is 5.69 Å². The topological polar surface area (TPSA) is 47.2 Å². The number of nitrogens with one attached hydrogen (secondary N) is 1. The summed E-state index contributed by atoms with van der Waals surface area (Å²) in [6.07, 6.45) is 1.66. The molecule has 0 aliphatic heterocycles. The highest BCUT2D eigenvalue weighted by atomic mass is 79.9. The van der Waals surface area contributed by atoms with Crippen molar-refractivity contribution in [3.05, 3.63) is 75.4 Å². The first-order valence-corrected chi connectivity index (χ1v) is 8.51. The number of carbonyl (C=O) groups is 1. The summed E-state index contributed by atoms with van der Waals surface area (Å²) in [6, 6.07) is 11.5. The number of furan rings is 1. The van der Waals surface area contributed by atoms with Crippen LogP contribution in [-0.4, -0.2) is 10.5 Å². The molecule has 0 unspecified atom stereocenters. The maximum absolute atomic E-state index is 12.7. The minimum absolute atomic E-state index is 0.0979. The van der Waals surface area contributed by atoms with Crippen LogP contribution >= 0.6 is 15.9 Å². The molecule has 24 heavy (non-hydrogen) atoms. The third-order valence-corrected chi connectivity index (χ3v) is 4.64. The van der Waals surface area contributed by atoms with Gasteiger partial charge in [-0.1, -0.05) is 15.9 Å². The quantitative estimate of drug-likeness (QED) is 0.680. The number of aromatic nitrogens is 1. The van der Waals surface area contributed by atoms with Gasteiger partial charge in [0.05, 0.1) is 18.4 Å². The Bertz CT molecular complexity index is 879. The molecular weight excluding hydrogens is 368 g/mol. The molecule has 2 aromatic heterocycles. The van der Waals surface area contributed by atoms with Crippen LogP contribution in [0.2, 0.25) is 0 Å². The summed E-state index contributed by atoms with van der Waals surface area (Å²) in [7, 11) is 0. The molecular formula is C19H19BrN2O2. The van der Waals surface area contributed by atoms with Gasteiger partial charge in [0.1, 0.15) is 5.76 Å². The van der Waals surface area contributed by atoms with E-state index in [1.165, 1.54) is 0 Å². The van der Waals surface area contributed by atoms with E-state index in [1.54, 1.807) is 6.26 Å². The van der Waals surface area contributed by atoms with Gasteiger partial charge in [-0.3, -0.25) is 4.79 Å². The van der Waals surface area contributed by atoms with Crippen molar-refractivity contribution in [3.63, 3.8) is 0 Å². The van der Waals surface area contributed by atoms with Crippen LogP contribution in [0.25, 0.3) is 0 Å². The Kier molecular flexibility index (Phi) is 4.62. The van der Waals surface area contributed by atoms with Gasteiger partial charge in [-0.15, -0.1) is 0 Å². The predicted molar refractivity (Wildman–Crippen MR) is 98.5 cm³/mol. The summed E-state index contributed by atoms with van der Waals surface area (Å²) in [5.41, 5.74) is 4.47. The summed E-state index contributed by atoms with van der Waals surface area (Å²) in [5, 5.41) is 3.00. The van der Waals surface area contributed by atoms with Crippen LogP contribution in [0, 0.1) is 20.8 Å². The molecule has 2 heterocycles. The average Bonchev–Trinajstić information content (AvgIpc) is 3.14. The van der Waals surface area contributed by atoms with Crippen LogP contribution in [0.1, 0.15) is 33.1 Å². The molecule has 124 valence electrons. The van der Waals surface area contributed by atoms with Crippen LogP contribution in [0.3, 0.4) is 0 Å². The molecule has 0 saturated carbocycles. The lowest BCUT2D eigenvalue weighted by Crippen LogP contribution is -2.14. The number of nitrogens with zero attached hydrogens (tertiary/aromatic N) is 1. The third kappa shape index (κ3) is 3.31. The van der Waals surface area contributed by atoms with Crippen molar-refractivity contribution in [3.8, 4) is 0 Å². The fourth-order valence-electron chi connectivity index (χ4n) is 2.79. The molecule has 0 radical (unpaired) electrons. The number of rotatable bonds is 4. The lowest BCUT2D eigenvalue weighted by Gasteiger charge is -2.10. The Morgan fingerprint density at radius 1 is 1.21 bits per heavy atom. The Balaban J connectivity index is 1.85. The highest BCUT2D eigenvalue weighted by molar-refractivity contribution is 9.10. The van der Waals surface area contributed by atoms with Gasteiger partial charge in [-0.25, -0.2) is 0 Å². The van der Waals surface area contributed by atoms with Crippen molar-refractivity contribution in [1.82, 2.24) is 4.57 Å². The third-order valence-electron chi connectivity index (χ3n) is 4.15. The van der Waals surface area contributed by atoms with Gasteiger partial charge >= 0.3 is 0 Å². The average molecular weight is 387 g/mol. The van der Waals surface area contributed by atoms with Gasteiger partial charge in [0.15, 0.2) is 0 Å². The lowest BCUT2D eigenvalue weighted by atomic mass is 10.2. The van der Waals surface area contributed by atoms with E-state index < -0.39 is 0 Å². The van der Waals surface area contributed by atoms with E-state index in [0.717, 1.165) is 32.9 Å². The first kappa shape index (κ1) is 16.6. The molecule has 0 fully saturated rings. The van der Waals surface area contributed by atoms with E-state index in [4.69, 9.17) is 4.42 Å². The number of aryl methyl sites for hydroxylation is 2. The molecule has 3 rings (SSSR count). The zero-order chi connectivity index (χ0) is 17.3. The molecule has 1 amide bonds. The standard InChI is InChI=1S/C19H19BrN2O2/c1-12-9-15(20)6-7-18(12)21-19(23)17-10-13(2)22(14(17)3)11-16-5-4-8-24-16/h4-10H,11H2,1-3H3,(H,21,23). The summed E-state index contributed by atoms with van der Waals surface area (Å²) in [4.78, 5) is 12.7. The number of halogens is 1. The normalized spacial score (nSPS) is 10.8. The molecule has 5 heteroatoms. The Labute approximate surface area is 149 Å². The van der Waals surface area contributed by atoms with Gasteiger partial charge in [0.2, 0.25) is 0 Å². The molecule has 1 N–H and O–H groups in total. The molecule has 0 atom stereocenters. The highest BCUT2D eigenvalue weighted by Gasteiger charge is 2.17. The summed E-state index contributed by atoms with van der Waals surface area (Å²) < 4.78 is 8.49. The van der Waals surface area contributed by atoms with Crippen molar-refractivity contribution in [2.24, 2.45) is 0 Å². The van der Waals surface area contributed by atoms with Crippen LogP contribution in [-0.2, 0) is 6.54 Å². The molecule has 0 bridgehead atoms. The van der Waals surface area contributed by atoms with Crippen LogP contribution < -0.4 is 5.32 Å². The first-order chi connectivity index (χ1) is 11.5. The molecule has 0 aliphatic carbocycles. The van der Waals surface area contributed by atoms with E-state index in [9.17, 15) is 4.79 Å². The lowest BCUT2D eigenvalue weighted by molar-refractivity contribution is 0.102. The van der Waals surface area contributed by atoms with E-state index >= 15 is 0 Å². The van der Waals surface area contributed by atoms with Crippen molar-refractivity contribution in [2.75, 3.05) is 5.32 Å². The minimum Gasteiger partial charge on any atom is -0.467 e. The zero-order valence-electron chi connectivity index (χ0n) is 13.9. The van der Waals surface area contributed by atoms with E-state index in [1.807, 2.05) is 57.2 Å². The van der Waals surface area contributed by atoms with E-state index in [2.05, 4.69) is 25.8 Å². The monoisotopic (exact) mass is 386 g/mol. The van der Waals surface area contributed by atoms with Crippen LogP contribution in [0.15, 0.2) is 51.6 Å². The van der Waals surface area contributed by atoms with Crippen LogP contribution in [0.5, 0.6) is 0 Å². The Morgan fingerprint density at radius 3 is 2.67 bits per heavy atom. The second-order valence-corrected chi connectivity index (χ2v) is 6.78. The highest BCUT2D eigenvalue weighted by Crippen LogP contribution is 2.23. The summed E-state index contributed by atoms with van der Waals surface area (Å²) in [6.45, 7) is 6.55. The van der Waals surface area contributed by atoms with Gasteiger partial charge in [0.25, 0.3) is 5.91 Å². The number of benzene rings is 1. The van der Waals surface area contributed by atoms with E-state index in [-0.39, 0.29) is 5.91 Å². The maximum Gasteiger partial charge on any atom is 0.257 e. The van der Waals surface area contributed by atoms with Crippen molar-refractivity contribution in [1.29, 1.82) is 0 Å². The molecule has 0 spiro atoms. The smallest absolute Gasteiger partial charge is 0.257 e. The Morgan fingerprint density at radius 2 is 2.00 bits per heavy atom. The van der Waals surface area contributed by atoms with Gasteiger partial charge in [-0.2, -0.15) is 0 Å². The number of anilines is 1. The van der Waals surface area contributed by atoms with Crippen molar-refractivity contribution >= 4 is 27.5 Å². The Hall–Kier alpha value is -2.27. The van der Waals surface area contributed by atoms with Crippen molar-refractivity contribution < 1.29 is 9.21 Å². The predicted octanol–water partition coefficient (Wildman–Crippen LogP) is 5.07. The number of hydrogen-bond acceptors (Lipinski definition) is 2. The SMILES string of the molecule is Cc1cc(Br)ccc1NC(=O)c1cc(C)n(Cc2ccco2)c1C. The molecule has 0 saturated heterocycles.